The zero-order chi connectivity index (χ0) is 18.1. The number of ether oxygens (including phenoxy) is 1. The van der Waals surface area contributed by atoms with Crippen LogP contribution in [0.1, 0.15) is 46.5 Å². The Kier molecular flexibility index (Phi) is 4.41. The fraction of sp³-hybridized carbons (Fsp3) is 0.318. The van der Waals surface area contributed by atoms with Gasteiger partial charge in [0.15, 0.2) is 5.76 Å². The van der Waals surface area contributed by atoms with Crippen LogP contribution in [0.25, 0.3) is 11.0 Å². The number of methoxy groups -OCH3 is 1. The summed E-state index contributed by atoms with van der Waals surface area (Å²) in [4.78, 5) is 12.8. The largest absolute Gasteiger partial charge is 0.495 e. The second kappa shape index (κ2) is 6.87. The van der Waals surface area contributed by atoms with Crippen LogP contribution in [0, 0.1) is 6.92 Å². The summed E-state index contributed by atoms with van der Waals surface area (Å²) in [6, 6.07) is 11.8. The van der Waals surface area contributed by atoms with E-state index in [1.165, 1.54) is 30.4 Å². The van der Waals surface area contributed by atoms with Crippen LogP contribution in [0.15, 0.2) is 40.8 Å². The molecule has 0 saturated carbocycles. The predicted molar refractivity (Wildman–Crippen MR) is 103 cm³/mol. The molecule has 0 atom stereocenters. The summed E-state index contributed by atoms with van der Waals surface area (Å²) in [6.07, 6.45) is 5.76. The van der Waals surface area contributed by atoms with E-state index in [-0.39, 0.29) is 5.91 Å². The van der Waals surface area contributed by atoms with Crippen LogP contribution >= 0.6 is 0 Å². The number of furan rings is 1. The van der Waals surface area contributed by atoms with Gasteiger partial charge in [0, 0.05) is 10.9 Å². The quantitative estimate of drug-likeness (QED) is 0.655. The van der Waals surface area contributed by atoms with E-state index >= 15 is 0 Å². The van der Waals surface area contributed by atoms with E-state index in [2.05, 4.69) is 17.4 Å². The van der Waals surface area contributed by atoms with E-state index in [0.717, 1.165) is 29.4 Å². The number of hydrogen-bond donors (Lipinski definition) is 1. The van der Waals surface area contributed by atoms with Crippen LogP contribution in [0.3, 0.4) is 0 Å². The molecule has 26 heavy (non-hydrogen) atoms. The second-order valence-corrected chi connectivity index (χ2v) is 6.89. The first-order valence-corrected chi connectivity index (χ1v) is 9.16. The van der Waals surface area contributed by atoms with Crippen LogP contribution in [0.5, 0.6) is 5.75 Å². The van der Waals surface area contributed by atoms with Gasteiger partial charge in [-0.3, -0.25) is 4.79 Å². The molecule has 2 aromatic carbocycles. The molecule has 4 rings (SSSR count). The van der Waals surface area contributed by atoms with Gasteiger partial charge in [0.2, 0.25) is 0 Å². The van der Waals surface area contributed by atoms with Crippen molar-refractivity contribution in [3.8, 4) is 5.75 Å². The number of amides is 1. The van der Waals surface area contributed by atoms with Crippen LogP contribution in [0.4, 0.5) is 5.69 Å². The smallest absolute Gasteiger partial charge is 0.291 e. The van der Waals surface area contributed by atoms with Gasteiger partial charge in [-0.2, -0.15) is 0 Å². The van der Waals surface area contributed by atoms with Crippen LogP contribution in [-0.4, -0.2) is 13.0 Å². The van der Waals surface area contributed by atoms with E-state index in [1.54, 1.807) is 7.11 Å². The number of benzene rings is 2. The van der Waals surface area contributed by atoms with Crippen molar-refractivity contribution in [1.82, 2.24) is 0 Å². The fourth-order valence-electron chi connectivity index (χ4n) is 3.78. The molecule has 1 aliphatic carbocycles. The number of carbonyl (C=O) groups is 1. The van der Waals surface area contributed by atoms with Crippen molar-refractivity contribution in [2.24, 2.45) is 0 Å². The van der Waals surface area contributed by atoms with E-state index in [4.69, 9.17) is 9.15 Å². The highest BCUT2D eigenvalue weighted by molar-refractivity contribution is 6.07. The first kappa shape index (κ1) is 16.7. The van der Waals surface area contributed by atoms with Crippen molar-refractivity contribution < 1.29 is 13.9 Å². The zero-order valence-corrected chi connectivity index (χ0v) is 15.2. The van der Waals surface area contributed by atoms with Gasteiger partial charge in [-0.15, -0.1) is 0 Å². The Hall–Kier alpha value is -2.75. The molecule has 0 fully saturated rings. The molecule has 0 radical (unpaired) electrons. The van der Waals surface area contributed by atoms with Crippen molar-refractivity contribution in [3.05, 3.63) is 58.8 Å². The molecule has 0 bridgehead atoms. The van der Waals surface area contributed by atoms with Gasteiger partial charge in [0.05, 0.1) is 12.8 Å². The summed E-state index contributed by atoms with van der Waals surface area (Å²) in [5.74, 6) is 0.807. The Labute approximate surface area is 153 Å². The van der Waals surface area contributed by atoms with Crippen LogP contribution in [0.2, 0.25) is 0 Å². The third kappa shape index (κ3) is 2.96. The maximum atomic E-state index is 12.8. The summed E-state index contributed by atoms with van der Waals surface area (Å²) < 4.78 is 11.3. The number of nitrogens with one attached hydrogen (secondary N) is 1. The first-order chi connectivity index (χ1) is 12.7. The number of para-hydroxylation sites is 1. The molecule has 3 aromatic rings. The molecule has 4 nitrogen and oxygen atoms in total. The molecule has 1 heterocycles. The van der Waals surface area contributed by atoms with E-state index in [1.807, 2.05) is 31.2 Å². The van der Waals surface area contributed by atoms with Crippen molar-refractivity contribution in [3.63, 3.8) is 0 Å². The summed E-state index contributed by atoms with van der Waals surface area (Å²) in [5.41, 5.74) is 4.92. The number of hydrogen-bond acceptors (Lipinski definition) is 3. The molecule has 1 amide bonds. The lowest BCUT2D eigenvalue weighted by molar-refractivity contribution is 0.0997. The highest BCUT2D eigenvalue weighted by Crippen LogP contribution is 2.33. The highest BCUT2D eigenvalue weighted by Gasteiger charge is 2.20. The number of aryl methyl sites for hydroxylation is 3. The zero-order valence-electron chi connectivity index (χ0n) is 15.2. The minimum atomic E-state index is -0.245. The molecule has 0 spiro atoms. The Balaban J connectivity index is 1.68. The maximum absolute atomic E-state index is 12.8. The molecule has 4 heteroatoms. The van der Waals surface area contributed by atoms with Gasteiger partial charge in [-0.1, -0.05) is 24.6 Å². The summed E-state index contributed by atoms with van der Waals surface area (Å²) >= 11 is 0. The lowest BCUT2D eigenvalue weighted by Gasteiger charge is -2.14. The van der Waals surface area contributed by atoms with Gasteiger partial charge in [0.25, 0.3) is 5.91 Å². The lowest BCUT2D eigenvalue weighted by atomic mass is 10.0. The van der Waals surface area contributed by atoms with E-state index < -0.39 is 0 Å². The first-order valence-electron chi connectivity index (χ1n) is 9.16. The number of rotatable bonds is 3. The van der Waals surface area contributed by atoms with Gasteiger partial charge < -0.3 is 14.5 Å². The normalized spacial score (nSPS) is 13.9. The minimum absolute atomic E-state index is 0.245. The Morgan fingerprint density at radius 3 is 2.54 bits per heavy atom. The van der Waals surface area contributed by atoms with Crippen LogP contribution < -0.4 is 10.1 Å². The highest BCUT2D eigenvalue weighted by atomic mass is 16.5. The molecule has 0 unspecified atom stereocenters. The van der Waals surface area contributed by atoms with Gasteiger partial charge in [-0.25, -0.2) is 0 Å². The van der Waals surface area contributed by atoms with Crippen molar-refractivity contribution >= 4 is 22.6 Å². The van der Waals surface area contributed by atoms with E-state index in [0.29, 0.717) is 17.2 Å². The molecular formula is C22H23NO3. The average Bonchev–Trinajstić information content (AvgIpc) is 2.84. The number of anilines is 1. The van der Waals surface area contributed by atoms with Crippen molar-refractivity contribution in [1.29, 1.82) is 0 Å². The summed E-state index contributed by atoms with van der Waals surface area (Å²) in [7, 11) is 1.64. The van der Waals surface area contributed by atoms with Gasteiger partial charge >= 0.3 is 0 Å². The molecule has 134 valence electrons. The standard InChI is InChI=1S/C22H23NO3/c1-14-17-10-6-7-11-19(17)26-21(14)22(24)23-18-12-15-8-4-3-5-9-16(15)13-20(18)25-2/h6-7,10-13H,3-5,8-9H2,1-2H3,(H,23,24). The summed E-state index contributed by atoms with van der Waals surface area (Å²) in [5, 5.41) is 3.96. The number of fused-ring (bicyclic) bond motifs is 2. The molecule has 1 aliphatic rings. The monoisotopic (exact) mass is 349 g/mol. The van der Waals surface area contributed by atoms with Crippen molar-refractivity contribution in [2.75, 3.05) is 12.4 Å². The molecular weight excluding hydrogens is 326 g/mol. The third-order valence-electron chi connectivity index (χ3n) is 5.21. The van der Waals surface area contributed by atoms with E-state index in [9.17, 15) is 4.79 Å². The molecule has 1 N–H and O–H groups in total. The Morgan fingerprint density at radius 2 is 1.81 bits per heavy atom. The Morgan fingerprint density at radius 1 is 1.08 bits per heavy atom. The third-order valence-corrected chi connectivity index (χ3v) is 5.21. The number of carbonyl (C=O) groups excluding carboxylic acids is 1. The molecule has 0 saturated heterocycles. The van der Waals surface area contributed by atoms with Gasteiger partial charge in [0.1, 0.15) is 11.3 Å². The summed E-state index contributed by atoms with van der Waals surface area (Å²) in [6.45, 7) is 1.91. The predicted octanol–water partition coefficient (Wildman–Crippen LogP) is 5.27. The topological polar surface area (TPSA) is 51.5 Å². The lowest BCUT2D eigenvalue weighted by Crippen LogP contribution is -2.13. The second-order valence-electron chi connectivity index (χ2n) is 6.89. The van der Waals surface area contributed by atoms with Crippen LogP contribution in [-0.2, 0) is 12.8 Å². The SMILES string of the molecule is COc1cc2c(cc1NC(=O)c1oc3ccccc3c1C)CCCCC2. The van der Waals surface area contributed by atoms with Gasteiger partial charge in [-0.05, 0) is 61.9 Å². The Bertz CT molecular complexity index is 971. The fourth-order valence-corrected chi connectivity index (χ4v) is 3.78. The van der Waals surface area contributed by atoms with Crippen molar-refractivity contribution in [2.45, 2.75) is 39.0 Å². The molecule has 0 aliphatic heterocycles. The molecule has 1 aromatic heterocycles. The minimum Gasteiger partial charge on any atom is -0.495 e. The average molecular weight is 349 g/mol. The maximum Gasteiger partial charge on any atom is 0.291 e.